The number of hydrogen-bond acceptors (Lipinski definition) is 3. The Hall–Kier alpha value is -1.62. The molecular weight excluding hydrogens is 232 g/mol. The summed E-state index contributed by atoms with van der Waals surface area (Å²) >= 11 is 0. The van der Waals surface area contributed by atoms with Gasteiger partial charge in [-0.3, -0.25) is 9.59 Å². The molecule has 0 bridgehead atoms. The molecule has 0 aliphatic carbocycles. The molecule has 0 saturated heterocycles. The maximum Gasteiger partial charge on any atom is 0.268 e. The maximum atomic E-state index is 11.9. The number of amides is 1. The standard InChI is InChI=1S/C13H20N2O3/c1-7(6-16)5-14-13(18)12-8(2)11(10(4)17)9(3)15-12/h7,15-16H,5-6H2,1-4H3,(H,14,18). The zero-order valence-electron chi connectivity index (χ0n) is 11.3. The van der Waals surface area contributed by atoms with Crippen LogP contribution in [0.5, 0.6) is 0 Å². The van der Waals surface area contributed by atoms with Crippen LogP contribution in [0.15, 0.2) is 0 Å². The average molecular weight is 252 g/mol. The first-order valence-corrected chi connectivity index (χ1v) is 5.97. The number of H-pyrrole nitrogens is 1. The second kappa shape index (κ2) is 5.82. The van der Waals surface area contributed by atoms with Crippen molar-refractivity contribution in [3.8, 4) is 0 Å². The molecule has 0 aromatic carbocycles. The molecule has 0 fully saturated rings. The lowest BCUT2D eigenvalue weighted by molar-refractivity contribution is 0.0937. The van der Waals surface area contributed by atoms with Gasteiger partial charge in [-0.05, 0) is 32.3 Å². The predicted octanol–water partition coefficient (Wildman–Crippen LogP) is 1.19. The Morgan fingerprint density at radius 2 is 2.00 bits per heavy atom. The van der Waals surface area contributed by atoms with Gasteiger partial charge in [0.15, 0.2) is 5.78 Å². The van der Waals surface area contributed by atoms with Gasteiger partial charge in [-0.15, -0.1) is 0 Å². The number of carbonyl (C=O) groups excluding carboxylic acids is 2. The molecule has 0 radical (unpaired) electrons. The number of nitrogens with one attached hydrogen (secondary N) is 2. The maximum absolute atomic E-state index is 11.9. The Morgan fingerprint density at radius 3 is 2.44 bits per heavy atom. The highest BCUT2D eigenvalue weighted by Gasteiger charge is 2.19. The third-order valence-electron chi connectivity index (χ3n) is 2.94. The number of carbonyl (C=O) groups is 2. The van der Waals surface area contributed by atoms with Crippen LogP contribution in [-0.2, 0) is 0 Å². The van der Waals surface area contributed by atoms with Crippen molar-refractivity contribution in [2.24, 2.45) is 5.92 Å². The lowest BCUT2D eigenvalue weighted by atomic mass is 10.1. The van der Waals surface area contributed by atoms with Crippen molar-refractivity contribution in [2.75, 3.05) is 13.2 Å². The summed E-state index contributed by atoms with van der Waals surface area (Å²) in [5.41, 5.74) is 2.38. The van der Waals surface area contributed by atoms with E-state index in [1.165, 1.54) is 6.92 Å². The van der Waals surface area contributed by atoms with Gasteiger partial charge < -0.3 is 15.4 Å². The Morgan fingerprint density at radius 1 is 1.39 bits per heavy atom. The fraction of sp³-hybridized carbons (Fsp3) is 0.538. The first-order valence-electron chi connectivity index (χ1n) is 5.97. The van der Waals surface area contributed by atoms with E-state index in [0.717, 1.165) is 0 Å². The number of Topliss-reactive ketones (excluding diaryl/α,β-unsaturated/α-hetero) is 1. The smallest absolute Gasteiger partial charge is 0.268 e. The molecule has 1 aromatic rings. The van der Waals surface area contributed by atoms with E-state index in [1.807, 2.05) is 6.92 Å². The van der Waals surface area contributed by atoms with Gasteiger partial charge in [0.25, 0.3) is 5.91 Å². The quantitative estimate of drug-likeness (QED) is 0.688. The third kappa shape index (κ3) is 2.98. The van der Waals surface area contributed by atoms with E-state index in [0.29, 0.717) is 29.1 Å². The first-order chi connectivity index (χ1) is 8.38. The highest BCUT2D eigenvalue weighted by atomic mass is 16.3. The summed E-state index contributed by atoms with van der Waals surface area (Å²) in [5, 5.41) is 11.6. The summed E-state index contributed by atoms with van der Waals surface area (Å²) in [5.74, 6) is -0.287. The van der Waals surface area contributed by atoms with Gasteiger partial charge in [0.2, 0.25) is 0 Å². The molecule has 5 nitrogen and oxygen atoms in total. The van der Waals surface area contributed by atoms with E-state index in [4.69, 9.17) is 5.11 Å². The van der Waals surface area contributed by atoms with Gasteiger partial charge in [-0.1, -0.05) is 6.92 Å². The molecule has 0 aliphatic heterocycles. The molecule has 100 valence electrons. The molecule has 1 unspecified atom stereocenters. The number of aromatic amines is 1. The summed E-state index contributed by atoms with van der Waals surface area (Å²) < 4.78 is 0. The number of aromatic nitrogens is 1. The van der Waals surface area contributed by atoms with Crippen molar-refractivity contribution in [3.63, 3.8) is 0 Å². The van der Waals surface area contributed by atoms with Crippen molar-refractivity contribution in [3.05, 3.63) is 22.5 Å². The van der Waals surface area contributed by atoms with Crippen LogP contribution in [0.4, 0.5) is 0 Å². The molecule has 1 aromatic heterocycles. The number of aliphatic hydroxyl groups is 1. The zero-order chi connectivity index (χ0) is 13.9. The summed E-state index contributed by atoms with van der Waals surface area (Å²) in [4.78, 5) is 26.3. The van der Waals surface area contributed by atoms with E-state index in [1.54, 1.807) is 13.8 Å². The van der Waals surface area contributed by atoms with Crippen molar-refractivity contribution >= 4 is 11.7 Å². The predicted molar refractivity (Wildman–Crippen MR) is 68.9 cm³/mol. The summed E-state index contributed by atoms with van der Waals surface area (Å²) in [6.45, 7) is 7.29. The van der Waals surface area contributed by atoms with Crippen LogP contribution in [0.1, 0.15) is 46.0 Å². The molecule has 1 amide bonds. The Bertz CT molecular complexity index is 463. The van der Waals surface area contributed by atoms with Crippen molar-refractivity contribution < 1.29 is 14.7 Å². The van der Waals surface area contributed by atoms with Gasteiger partial charge in [0.05, 0.1) is 0 Å². The highest BCUT2D eigenvalue weighted by molar-refractivity contribution is 6.02. The topological polar surface area (TPSA) is 82.2 Å². The molecule has 1 rings (SSSR count). The lowest BCUT2D eigenvalue weighted by Gasteiger charge is -2.09. The molecule has 1 heterocycles. The van der Waals surface area contributed by atoms with Crippen LogP contribution in [0.3, 0.4) is 0 Å². The van der Waals surface area contributed by atoms with Crippen LogP contribution >= 0.6 is 0 Å². The lowest BCUT2D eigenvalue weighted by Crippen LogP contribution is -2.30. The monoisotopic (exact) mass is 252 g/mol. The second-order valence-electron chi connectivity index (χ2n) is 4.68. The Balaban J connectivity index is 2.87. The van der Waals surface area contributed by atoms with Gasteiger partial charge in [0, 0.05) is 24.4 Å². The minimum absolute atomic E-state index is 0.0117. The summed E-state index contributed by atoms with van der Waals surface area (Å²) in [6, 6.07) is 0. The largest absolute Gasteiger partial charge is 0.396 e. The van der Waals surface area contributed by atoms with E-state index >= 15 is 0 Å². The summed E-state index contributed by atoms with van der Waals surface area (Å²) in [7, 11) is 0. The Labute approximate surface area is 107 Å². The third-order valence-corrected chi connectivity index (χ3v) is 2.94. The van der Waals surface area contributed by atoms with E-state index in [2.05, 4.69) is 10.3 Å². The van der Waals surface area contributed by atoms with Gasteiger partial charge >= 0.3 is 0 Å². The van der Waals surface area contributed by atoms with Crippen LogP contribution < -0.4 is 5.32 Å². The average Bonchev–Trinajstić information content (AvgIpc) is 2.61. The van der Waals surface area contributed by atoms with Crippen LogP contribution in [0.2, 0.25) is 0 Å². The molecule has 0 saturated carbocycles. The van der Waals surface area contributed by atoms with Crippen LogP contribution in [0, 0.1) is 19.8 Å². The van der Waals surface area contributed by atoms with Crippen molar-refractivity contribution in [1.82, 2.24) is 10.3 Å². The number of aliphatic hydroxyl groups excluding tert-OH is 1. The van der Waals surface area contributed by atoms with E-state index < -0.39 is 0 Å². The highest BCUT2D eigenvalue weighted by Crippen LogP contribution is 2.18. The van der Waals surface area contributed by atoms with E-state index in [-0.39, 0.29) is 24.2 Å². The van der Waals surface area contributed by atoms with Gasteiger partial charge in [-0.2, -0.15) is 0 Å². The fourth-order valence-corrected chi connectivity index (χ4v) is 1.93. The van der Waals surface area contributed by atoms with Crippen LogP contribution in [0.25, 0.3) is 0 Å². The molecule has 1 atom stereocenters. The first kappa shape index (κ1) is 14.4. The minimum atomic E-state index is -0.247. The number of rotatable bonds is 5. The normalized spacial score (nSPS) is 12.3. The van der Waals surface area contributed by atoms with Crippen LogP contribution in [-0.4, -0.2) is 34.9 Å². The van der Waals surface area contributed by atoms with Crippen molar-refractivity contribution in [2.45, 2.75) is 27.7 Å². The minimum Gasteiger partial charge on any atom is -0.396 e. The number of hydrogen-bond donors (Lipinski definition) is 3. The molecule has 0 aliphatic rings. The van der Waals surface area contributed by atoms with Gasteiger partial charge in [0.1, 0.15) is 5.69 Å². The Kier molecular flexibility index (Phi) is 4.67. The molecular formula is C13H20N2O3. The SMILES string of the molecule is CC(=O)c1c(C)[nH]c(C(=O)NCC(C)CO)c1C. The fourth-order valence-electron chi connectivity index (χ4n) is 1.93. The zero-order valence-corrected chi connectivity index (χ0v) is 11.3. The second-order valence-corrected chi connectivity index (χ2v) is 4.68. The number of aryl methyl sites for hydroxylation is 1. The summed E-state index contributed by atoms with van der Waals surface area (Å²) in [6.07, 6.45) is 0. The number of ketones is 1. The molecule has 3 N–H and O–H groups in total. The molecule has 18 heavy (non-hydrogen) atoms. The van der Waals surface area contributed by atoms with Gasteiger partial charge in [-0.25, -0.2) is 0 Å². The molecule has 5 heteroatoms. The van der Waals surface area contributed by atoms with E-state index in [9.17, 15) is 9.59 Å². The molecule has 0 spiro atoms. The van der Waals surface area contributed by atoms with Crippen molar-refractivity contribution in [1.29, 1.82) is 0 Å².